The van der Waals surface area contributed by atoms with Gasteiger partial charge in [-0.3, -0.25) is 14.8 Å². The molecule has 31 heavy (non-hydrogen) atoms. The van der Waals surface area contributed by atoms with Crippen molar-refractivity contribution in [1.82, 2.24) is 25.3 Å². The first-order valence-electron chi connectivity index (χ1n) is 9.83. The zero-order valence-corrected chi connectivity index (χ0v) is 17.4. The molecule has 0 spiro atoms. The van der Waals surface area contributed by atoms with Crippen molar-refractivity contribution in [1.29, 1.82) is 0 Å². The van der Waals surface area contributed by atoms with E-state index in [0.717, 1.165) is 39.0 Å². The lowest BCUT2D eigenvalue weighted by atomic mass is 10.00. The summed E-state index contributed by atoms with van der Waals surface area (Å²) in [6, 6.07) is 13.3. The van der Waals surface area contributed by atoms with E-state index in [1.807, 2.05) is 43.3 Å². The van der Waals surface area contributed by atoms with Gasteiger partial charge in [0.05, 0.1) is 16.8 Å². The van der Waals surface area contributed by atoms with Crippen LogP contribution in [0.15, 0.2) is 67.8 Å². The third-order valence-corrected chi connectivity index (χ3v) is 4.98. The molecule has 0 bridgehead atoms. The maximum atomic E-state index is 12.2. The monoisotopic (exact) mass is 410 g/mol. The summed E-state index contributed by atoms with van der Waals surface area (Å²) in [6.07, 6.45) is 4.96. The minimum Gasteiger partial charge on any atom is -0.366 e. The van der Waals surface area contributed by atoms with E-state index in [2.05, 4.69) is 37.1 Å². The van der Waals surface area contributed by atoms with Gasteiger partial charge in [-0.1, -0.05) is 24.8 Å². The largest absolute Gasteiger partial charge is 0.366 e. The van der Waals surface area contributed by atoms with Gasteiger partial charge in [0.25, 0.3) is 5.91 Å². The summed E-state index contributed by atoms with van der Waals surface area (Å²) in [5.41, 5.74) is 5.71. The average molecular weight is 410 g/mol. The van der Waals surface area contributed by atoms with Crippen LogP contribution >= 0.6 is 0 Å². The Bertz CT molecular complexity index is 1270. The fraction of sp³-hybridized carbons (Fsp3) is 0.125. The van der Waals surface area contributed by atoms with Crippen LogP contribution in [0.1, 0.15) is 21.6 Å². The highest BCUT2D eigenvalue weighted by molar-refractivity contribution is 6.08. The van der Waals surface area contributed by atoms with Crippen LogP contribution in [0.4, 0.5) is 5.82 Å². The number of nitrogens with one attached hydrogen (secondary N) is 2. The fourth-order valence-electron chi connectivity index (χ4n) is 3.32. The molecule has 7 nitrogen and oxygen atoms in total. The minimum absolute atomic E-state index is 0.146. The number of carbonyl (C=O) groups excluding carboxylic acids is 1. The molecule has 0 fully saturated rings. The zero-order chi connectivity index (χ0) is 21.8. The molecular weight excluding hydrogens is 388 g/mol. The smallest absolute Gasteiger partial charge is 0.251 e. The molecule has 0 atom stereocenters. The predicted molar refractivity (Wildman–Crippen MR) is 123 cm³/mol. The molecule has 0 saturated heterocycles. The van der Waals surface area contributed by atoms with E-state index in [9.17, 15) is 4.79 Å². The number of nitrogens with zero attached hydrogens (tertiary/aromatic N) is 4. The first-order valence-corrected chi connectivity index (χ1v) is 9.83. The van der Waals surface area contributed by atoms with E-state index in [-0.39, 0.29) is 5.91 Å². The van der Waals surface area contributed by atoms with Crippen molar-refractivity contribution in [2.45, 2.75) is 6.92 Å². The highest BCUT2D eigenvalue weighted by Gasteiger charge is 2.13. The van der Waals surface area contributed by atoms with Crippen molar-refractivity contribution in [3.8, 4) is 11.3 Å². The molecule has 4 aromatic rings. The van der Waals surface area contributed by atoms with Gasteiger partial charge in [0.2, 0.25) is 0 Å². The molecule has 0 saturated carbocycles. The van der Waals surface area contributed by atoms with Gasteiger partial charge in [-0.15, -0.1) is 0 Å². The first kappa shape index (κ1) is 20.2. The standard InChI is InChI=1S/C24H22N6O/c1-15(18-5-4-6-19-20(24(31)25-3)9-10-26-23(18)19)12-28-22-11-21(29-14-30-22)17-8-7-16(2)27-13-17/h4-11,13-14H,1,12H2,2-3H3,(H,25,31)(H,28,29,30). The maximum Gasteiger partial charge on any atom is 0.251 e. The van der Waals surface area contributed by atoms with Gasteiger partial charge in [-0.25, -0.2) is 9.97 Å². The number of hydrogen-bond donors (Lipinski definition) is 2. The van der Waals surface area contributed by atoms with Crippen LogP contribution in [0.25, 0.3) is 27.7 Å². The summed E-state index contributed by atoms with van der Waals surface area (Å²) in [4.78, 5) is 29.7. The molecule has 1 amide bonds. The molecule has 3 aromatic heterocycles. The Morgan fingerprint density at radius 2 is 1.90 bits per heavy atom. The number of aromatic nitrogens is 4. The van der Waals surface area contributed by atoms with Crippen molar-refractivity contribution >= 4 is 28.2 Å². The maximum absolute atomic E-state index is 12.2. The first-order chi connectivity index (χ1) is 15.1. The lowest BCUT2D eigenvalue weighted by Crippen LogP contribution is -2.18. The highest BCUT2D eigenvalue weighted by Crippen LogP contribution is 2.25. The summed E-state index contributed by atoms with van der Waals surface area (Å²) in [6.45, 7) is 6.63. The van der Waals surface area contributed by atoms with Gasteiger partial charge >= 0.3 is 0 Å². The Kier molecular flexibility index (Phi) is 5.66. The van der Waals surface area contributed by atoms with E-state index in [1.54, 1.807) is 25.5 Å². The quantitative estimate of drug-likeness (QED) is 0.501. The Labute approximate surface area is 180 Å². The van der Waals surface area contributed by atoms with Gasteiger partial charge in [0.1, 0.15) is 12.1 Å². The molecule has 1 aromatic carbocycles. The van der Waals surface area contributed by atoms with Crippen LogP contribution in [-0.2, 0) is 0 Å². The van der Waals surface area contributed by atoms with Crippen LogP contribution in [0, 0.1) is 6.92 Å². The minimum atomic E-state index is -0.146. The number of anilines is 1. The SMILES string of the molecule is C=C(CNc1cc(-c2ccc(C)nc2)ncn1)c1cccc2c(C(=O)NC)ccnc12. The average Bonchev–Trinajstić information content (AvgIpc) is 2.82. The molecule has 7 heteroatoms. The van der Waals surface area contributed by atoms with E-state index < -0.39 is 0 Å². The predicted octanol–water partition coefficient (Wildman–Crippen LogP) is 3.88. The topological polar surface area (TPSA) is 92.7 Å². The van der Waals surface area contributed by atoms with Crippen molar-refractivity contribution in [3.63, 3.8) is 0 Å². The van der Waals surface area contributed by atoms with E-state index in [4.69, 9.17) is 0 Å². The summed E-state index contributed by atoms with van der Waals surface area (Å²) in [7, 11) is 1.62. The van der Waals surface area contributed by atoms with E-state index in [1.165, 1.54) is 6.33 Å². The number of rotatable bonds is 6. The Morgan fingerprint density at radius 1 is 1.03 bits per heavy atom. The van der Waals surface area contributed by atoms with Gasteiger partial charge in [-0.05, 0) is 30.7 Å². The number of benzene rings is 1. The normalized spacial score (nSPS) is 10.6. The molecule has 0 aliphatic rings. The van der Waals surface area contributed by atoms with Crippen LogP contribution in [0.5, 0.6) is 0 Å². The number of para-hydroxylation sites is 1. The third-order valence-electron chi connectivity index (χ3n) is 4.98. The third kappa shape index (κ3) is 4.25. The van der Waals surface area contributed by atoms with Crippen LogP contribution < -0.4 is 10.6 Å². The molecule has 154 valence electrons. The number of aryl methyl sites for hydroxylation is 1. The highest BCUT2D eigenvalue weighted by atomic mass is 16.1. The molecule has 0 aliphatic carbocycles. The second-order valence-electron chi connectivity index (χ2n) is 7.07. The van der Waals surface area contributed by atoms with Crippen molar-refractivity contribution in [2.24, 2.45) is 0 Å². The summed E-state index contributed by atoms with van der Waals surface area (Å²) >= 11 is 0. The molecular formula is C24H22N6O. The van der Waals surface area contributed by atoms with E-state index >= 15 is 0 Å². The molecule has 0 unspecified atom stereocenters. The van der Waals surface area contributed by atoms with Crippen LogP contribution in [-0.4, -0.2) is 39.4 Å². The van der Waals surface area contributed by atoms with E-state index in [0.29, 0.717) is 17.9 Å². The number of pyridine rings is 2. The van der Waals surface area contributed by atoms with Crippen LogP contribution in [0.2, 0.25) is 0 Å². The Balaban J connectivity index is 1.56. The molecule has 4 rings (SSSR count). The van der Waals surface area contributed by atoms with Crippen molar-refractivity contribution in [2.75, 3.05) is 18.9 Å². The van der Waals surface area contributed by atoms with Crippen molar-refractivity contribution < 1.29 is 4.79 Å². The fourth-order valence-corrected chi connectivity index (χ4v) is 3.32. The number of carbonyl (C=O) groups is 1. The Hall–Kier alpha value is -4.13. The molecule has 0 aliphatic heterocycles. The lowest BCUT2D eigenvalue weighted by Gasteiger charge is -2.12. The molecule has 2 N–H and O–H groups in total. The number of amides is 1. The van der Waals surface area contributed by atoms with Gasteiger partial charge in [-0.2, -0.15) is 0 Å². The van der Waals surface area contributed by atoms with Crippen molar-refractivity contribution in [3.05, 3.63) is 84.6 Å². The molecule has 3 heterocycles. The Morgan fingerprint density at radius 3 is 2.68 bits per heavy atom. The van der Waals surface area contributed by atoms with Gasteiger partial charge in [0.15, 0.2) is 0 Å². The zero-order valence-electron chi connectivity index (χ0n) is 17.4. The summed E-state index contributed by atoms with van der Waals surface area (Å²) < 4.78 is 0. The van der Waals surface area contributed by atoms with Gasteiger partial charge < -0.3 is 10.6 Å². The lowest BCUT2D eigenvalue weighted by molar-refractivity contribution is 0.0964. The van der Waals surface area contributed by atoms with Gasteiger partial charge in [0, 0.05) is 54.3 Å². The second kappa shape index (κ2) is 8.71. The summed E-state index contributed by atoms with van der Waals surface area (Å²) in [5, 5.41) is 6.76. The number of hydrogen-bond acceptors (Lipinski definition) is 6. The number of fused-ring (bicyclic) bond motifs is 1. The summed E-state index contributed by atoms with van der Waals surface area (Å²) in [5.74, 6) is 0.540. The van der Waals surface area contributed by atoms with Crippen LogP contribution in [0.3, 0.4) is 0 Å². The second-order valence-corrected chi connectivity index (χ2v) is 7.07. The molecule has 0 radical (unpaired) electrons.